The van der Waals surface area contributed by atoms with E-state index in [0.29, 0.717) is 17.3 Å². The van der Waals surface area contributed by atoms with Gasteiger partial charge in [-0.1, -0.05) is 0 Å². The number of carboxylic acids is 1. The largest absolute Gasteiger partial charge is 0.478 e. The summed E-state index contributed by atoms with van der Waals surface area (Å²) in [6.07, 6.45) is 1.76. The minimum atomic E-state index is -0.988. The maximum atomic E-state index is 12.4. The van der Waals surface area contributed by atoms with Gasteiger partial charge in [-0.15, -0.1) is 11.8 Å². The molecule has 1 aliphatic heterocycles. The predicted octanol–water partition coefficient (Wildman–Crippen LogP) is 2.70. The number of benzene rings is 1. The van der Waals surface area contributed by atoms with Crippen molar-refractivity contribution in [1.29, 1.82) is 0 Å². The Balaban J connectivity index is 1.83. The first kappa shape index (κ1) is 18.3. The van der Waals surface area contributed by atoms with Gasteiger partial charge >= 0.3 is 5.97 Å². The molecule has 0 saturated heterocycles. The predicted molar refractivity (Wildman–Crippen MR) is 106 cm³/mol. The van der Waals surface area contributed by atoms with Crippen LogP contribution in [0.5, 0.6) is 0 Å². The quantitative estimate of drug-likeness (QED) is 0.705. The SMILES string of the molecule is Cc1nn(C)c(C)c1[C@@H]1SCC(=O)Nc2c1cnn2-c1ccc(C(=O)O)cc1. The topological polar surface area (TPSA) is 102 Å². The summed E-state index contributed by atoms with van der Waals surface area (Å²) >= 11 is 1.55. The number of carbonyl (C=O) groups excluding carboxylic acids is 1. The van der Waals surface area contributed by atoms with Gasteiger partial charge in [0.25, 0.3) is 0 Å². The number of nitrogens with zero attached hydrogens (tertiary/aromatic N) is 4. The second kappa shape index (κ2) is 6.83. The van der Waals surface area contributed by atoms with Crippen LogP contribution in [0.25, 0.3) is 5.69 Å². The molecule has 1 atom stereocenters. The smallest absolute Gasteiger partial charge is 0.335 e. The molecule has 4 rings (SSSR count). The zero-order valence-electron chi connectivity index (χ0n) is 15.6. The van der Waals surface area contributed by atoms with Gasteiger partial charge in [-0.05, 0) is 38.1 Å². The standard InChI is InChI=1S/C19H19N5O3S/c1-10-16(11(2)23(3)22-10)17-14-8-20-24(18(14)21-15(25)9-28-17)13-6-4-12(5-7-13)19(26)27/h4-8,17H,9H2,1-3H3,(H,21,25)(H,26,27)/t17-/m1/s1. The van der Waals surface area contributed by atoms with E-state index in [0.717, 1.165) is 22.5 Å². The number of thioether (sulfide) groups is 1. The summed E-state index contributed by atoms with van der Waals surface area (Å²) in [4.78, 5) is 23.4. The molecule has 144 valence electrons. The highest BCUT2D eigenvalue weighted by Crippen LogP contribution is 2.44. The summed E-state index contributed by atoms with van der Waals surface area (Å²) < 4.78 is 3.48. The molecule has 0 unspecified atom stereocenters. The van der Waals surface area contributed by atoms with Crippen LogP contribution >= 0.6 is 11.8 Å². The normalized spacial score (nSPS) is 16.4. The van der Waals surface area contributed by atoms with Crippen molar-refractivity contribution in [2.45, 2.75) is 19.1 Å². The lowest BCUT2D eigenvalue weighted by molar-refractivity contribution is -0.113. The van der Waals surface area contributed by atoms with E-state index in [9.17, 15) is 9.59 Å². The van der Waals surface area contributed by atoms with Crippen LogP contribution < -0.4 is 5.32 Å². The molecule has 3 aromatic rings. The van der Waals surface area contributed by atoms with E-state index in [1.54, 1.807) is 34.8 Å². The summed E-state index contributed by atoms with van der Waals surface area (Å²) in [5, 5.41) is 21.0. The number of aromatic carboxylic acids is 1. The van der Waals surface area contributed by atoms with Crippen LogP contribution in [-0.4, -0.2) is 42.3 Å². The Hall–Kier alpha value is -3.07. The summed E-state index contributed by atoms with van der Waals surface area (Å²) in [6.45, 7) is 3.99. The summed E-state index contributed by atoms with van der Waals surface area (Å²) in [5.41, 5.74) is 4.84. The van der Waals surface area contributed by atoms with Crippen molar-refractivity contribution in [3.63, 3.8) is 0 Å². The summed E-state index contributed by atoms with van der Waals surface area (Å²) in [6, 6.07) is 6.39. The average molecular weight is 397 g/mol. The van der Waals surface area contributed by atoms with E-state index in [2.05, 4.69) is 15.5 Å². The van der Waals surface area contributed by atoms with Gasteiger partial charge in [0.2, 0.25) is 5.91 Å². The first-order valence-corrected chi connectivity index (χ1v) is 9.75. The number of fused-ring (bicyclic) bond motifs is 1. The molecule has 0 radical (unpaired) electrons. The fourth-order valence-electron chi connectivity index (χ4n) is 3.44. The zero-order valence-corrected chi connectivity index (χ0v) is 16.4. The van der Waals surface area contributed by atoms with Crippen LogP contribution in [0.15, 0.2) is 30.5 Å². The lowest BCUT2D eigenvalue weighted by Crippen LogP contribution is -2.15. The molecule has 8 nitrogen and oxygen atoms in total. The Labute approximate surface area is 165 Å². The lowest BCUT2D eigenvalue weighted by Gasteiger charge is -2.15. The number of anilines is 1. The molecule has 1 aromatic carbocycles. The van der Waals surface area contributed by atoms with E-state index in [1.165, 1.54) is 12.1 Å². The zero-order chi connectivity index (χ0) is 20.0. The number of hydrogen-bond donors (Lipinski definition) is 2. The maximum Gasteiger partial charge on any atom is 0.335 e. The number of hydrogen-bond acceptors (Lipinski definition) is 5. The van der Waals surface area contributed by atoms with E-state index in [1.807, 2.05) is 25.6 Å². The molecule has 28 heavy (non-hydrogen) atoms. The lowest BCUT2D eigenvalue weighted by atomic mass is 10.0. The third-order valence-electron chi connectivity index (χ3n) is 4.90. The molecule has 2 N–H and O–H groups in total. The third kappa shape index (κ3) is 2.97. The van der Waals surface area contributed by atoms with Crippen molar-refractivity contribution < 1.29 is 14.7 Å². The number of rotatable bonds is 3. The molecule has 1 amide bonds. The fraction of sp³-hybridized carbons (Fsp3) is 0.263. The van der Waals surface area contributed by atoms with Gasteiger partial charge in [0.05, 0.1) is 34.1 Å². The summed E-state index contributed by atoms with van der Waals surface area (Å²) in [7, 11) is 1.91. The highest BCUT2D eigenvalue weighted by Gasteiger charge is 2.31. The number of nitrogens with one attached hydrogen (secondary N) is 1. The Bertz CT molecular complexity index is 1080. The van der Waals surface area contributed by atoms with Gasteiger partial charge < -0.3 is 10.4 Å². The Morgan fingerprint density at radius 2 is 2.00 bits per heavy atom. The van der Waals surface area contributed by atoms with Crippen molar-refractivity contribution in [3.05, 3.63) is 58.5 Å². The van der Waals surface area contributed by atoms with Gasteiger partial charge in [-0.3, -0.25) is 9.48 Å². The monoisotopic (exact) mass is 397 g/mol. The average Bonchev–Trinajstić information content (AvgIpc) is 3.12. The highest BCUT2D eigenvalue weighted by molar-refractivity contribution is 8.00. The van der Waals surface area contributed by atoms with Gasteiger partial charge in [-0.2, -0.15) is 10.2 Å². The number of amides is 1. The maximum absolute atomic E-state index is 12.4. The Kier molecular flexibility index (Phi) is 4.46. The molecule has 2 aromatic heterocycles. The fourth-order valence-corrected chi connectivity index (χ4v) is 4.69. The van der Waals surface area contributed by atoms with E-state index >= 15 is 0 Å². The number of aromatic nitrogens is 4. The number of carboxylic acid groups (broad SMARTS) is 1. The van der Waals surface area contributed by atoms with Crippen molar-refractivity contribution in [2.75, 3.05) is 11.1 Å². The minimum Gasteiger partial charge on any atom is -0.478 e. The molecule has 0 bridgehead atoms. The molecule has 9 heteroatoms. The minimum absolute atomic E-state index is 0.0744. The highest BCUT2D eigenvalue weighted by atomic mass is 32.2. The third-order valence-corrected chi connectivity index (χ3v) is 6.16. The molecule has 0 aliphatic carbocycles. The van der Waals surface area contributed by atoms with Crippen molar-refractivity contribution in [2.24, 2.45) is 7.05 Å². The van der Waals surface area contributed by atoms with E-state index in [-0.39, 0.29) is 16.7 Å². The van der Waals surface area contributed by atoms with Crippen molar-refractivity contribution >= 4 is 29.5 Å². The van der Waals surface area contributed by atoms with Crippen molar-refractivity contribution in [1.82, 2.24) is 19.6 Å². The van der Waals surface area contributed by atoms with Crippen LogP contribution in [0.2, 0.25) is 0 Å². The Morgan fingerprint density at radius 1 is 1.29 bits per heavy atom. The van der Waals surface area contributed by atoms with Gasteiger partial charge in [-0.25, -0.2) is 9.48 Å². The first-order valence-electron chi connectivity index (χ1n) is 8.70. The van der Waals surface area contributed by atoms with Gasteiger partial charge in [0, 0.05) is 23.9 Å². The van der Waals surface area contributed by atoms with Crippen LogP contribution in [0.1, 0.15) is 38.1 Å². The molecule has 0 spiro atoms. The van der Waals surface area contributed by atoms with Crippen molar-refractivity contribution in [3.8, 4) is 5.69 Å². The molecule has 1 aliphatic rings. The second-order valence-electron chi connectivity index (χ2n) is 6.66. The van der Waals surface area contributed by atoms with Crippen LogP contribution in [0, 0.1) is 13.8 Å². The molecule has 0 saturated carbocycles. The van der Waals surface area contributed by atoms with Crippen LogP contribution in [0.3, 0.4) is 0 Å². The van der Waals surface area contributed by atoms with Gasteiger partial charge in [0.1, 0.15) is 5.82 Å². The number of aryl methyl sites for hydroxylation is 2. The van der Waals surface area contributed by atoms with E-state index < -0.39 is 5.97 Å². The molecular formula is C19H19N5O3S. The summed E-state index contributed by atoms with van der Waals surface area (Å²) in [5.74, 6) is -0.161. The Morgan fingerprint density at radius 3 is 2.61 bits per heavy atom. The number of carbonyl (C=O) groups is 2. The van der Waals surface area contributed by atoms with E-state index in [4.69, 9.17) is 5.11 Å². The van der Waals surface area contributed by atoms with Gasteiger partial charge in [0.15, 0.2) is 0 Å². The molecular weight excluding hydrogens is 378 g/mol. The van der Waals surface area contributed by atoms with Crippen LogP contribution in [-0.2, 0) is 11.8 Å². The first-order chi connectivity index (χ1) is 13.4. The molecule has 0 fully saturated rings. The second-order valence-corrected chi connectivity index (χ2v) is 7.75. The van der Waals surface area contributed by atoms with Crippen LogP contribution in [0.4, 0.5) is 5.82 Å². The molecule has 3 heterocycles.